The average molecular weight is 246 g/mol. The van der Waals surface area contributed by atoms with Crippen LogP contribution in [-0.4, -0.2) is 55.9 Å². The van der Waals surface area contributed by atoms with E-state index < -0.39 is 5.97 Å². The summed E-state index contributed by atoms with van der Waals surface area (Å²) >= 11 is 0. The zero-order valence-corrected chi connectivity index (χ0v) is 10.7. The Morgan fingerprint density at radius 2 is 2.12 bits per heavy atom. The highest BCUT2D eigenvalue weighted by Crippen LogP contribution is 2.04. The van der Waals surface area contributed by atoms with Crippen LogP contribution in [0.2, 0.25) is 0 Å². The molecule has 0 aliphatic carbocycles. The molecule has 0 aromatic heterocycles. The summed E-state index contributed by atoms with van der Waals surface area (Å²) in [4.78, 5) is 23.5. The minimum absolute atomic E-state index is 0.162. The van der Waals surface area contributed by atoms with Gasteiger partial charge in [0, 0.05) is 27.2 Å². The second kappa shape index (κ2) is 8.81. The number of urea groups is 1. The third kappa shape index (κ3) is 7.57. The second-order valence-corrected chi connectivity index (χ2v) is 4.03. The van der Waals surface area contributed by atoms with E-state index in [4.69, 9.17) is 9.84 Å². The van der Waals surface area contributed by atoms with E-state index in [-0.39, 0.29) is 11.9 Å². The molecule has 100 valence electrons. The van der Waals surface area contributed by atoms with Crippen molar-refractivity contribution in [2.24, 2.45) is 5.92 Å². The van der Waals surface area contributed by atoms with Crippen LogP contribution in [0.5, 0.6) is 0 Å². The van der Waals surface area contributed by atoms with Gasteiger partial charge in [0.2, 0.25) is 0 Å². The SMILES string of the molecule is COCCN(C)C(=O)NCCCC(C)C(=O)O. The Hall–Kier alpha value is -1.30. The van der Waals surface area contributed by atoms with Gasteiger partial charge in [0.1, 0.15) is 0 Å². The zero-order chi connectivity index (χ0) is 13.3. The van der Waals surface area contributed by atoms with Gasteiger partial charge in [-0.15, -0.1) is 0 Å². The zero-order valence-electron chi connectivity index (χ0n) is 10.7. The van der Waals surface area contributed by atoms with Crippen molar-refractivity contribution < 1.29 is 19.4 Å². The molecule has 0 fully saturated rings. The number of carbonyl (C=O) groups excluding carboxylic acids is 1. The molecule has 0 aromatic rings. The Morgan fingerprint density at radius 3 is 2.65 bits per heavy atom. The summed E-state index contributed by atoms with van der Waals surface area (Å²) in [7, 11) is 3.27. The van der Waals surface area contributed by atoms with Gasteiger partial charge in [-0.3, -0.25) is 4.79 Å². The largest absolute Gasteiger partial charge is 0.481 e. The lowest BCUT2D eigenvalue weighted by Crippen LogP contribution is -2.39. The van der Waals surface area contributed by atoms with Crippen LogP contribution in [0.15, 0.2) is 0 Å². The fourth-order valence-electron chi connectivity index (χ4n) is 1.19. The lowest BCUT2D eigenvalue weighted by molar-refractivity contribution is -0.141. The van der Waals surface area contributed by atoms with E-state index in [2.05, 4.69) is 5.32 Å². The lowest BCUT2D eigenvalue weighted by atomic mass is 10.1. The number of ether oxygens (including phenoxy) is 1. The maximum atomic E-state index is 11.5. The highest BCUT2D eigenvalue weighted by atomic mass is 16.5. The summed E-state index contributed by atoms with van der Waals surface area (Å²) in [6, 6.07) is -0.162. The van der Waals surface area contributed by atoms with Crippen LogP contribution in [0, 0.1) is 5.92 Å². The average Bonchev–Trinajstić information content (AvgIpc) is 2.30. The van der Waals surface area contributed by atoms with Crippen LogP contribution in [0.1, 0.15) is 19.8 Å². The molecule has 0 aliphatic heterocycles. The Morgan fingerprint density at radius 1 is 1.47 bits per heavy atom. The predicted octanol–water partition coefficient (Wildman–Crippen LogP) is 0.775. The summed E-state index contributed by atoms with van der Waals surface area (Å²) in [5, 5.41) is 11.4. The maximum Gasteiger partial charge on any atom is 0.317 e. The second-order valence-electron chi connectivity index (χ2n) is 4.03. The molecule has 0 spiro atoms. The number of likely N-dealkylation sites (N-methyl/N-ethyl adjacent to an activating group) is 1. The first kappa shape index (κ1) is 15.7. The lowest BCUT2D eigenvalue weighted by Gasteiger charge is -2.17. The van der Waals surface area contributed by atoms with Crippen molar-refractivity contribution in [1.29, 1.82) is 0 Å². The number of hydrogen-bond donors (Lipinski definition) is 2. The van der Waals surface area contributed by atoms with Gasteiger partial charge < -0.3 is 20.1 Å². The van der Waals surface area contributed by atoms with Crippen molar-refractivity contribution in [3.8, 4) is 0 Å². The van der Waals surface area contributed by atoms with Crippen molar-refractivity contribution in [2.75, 3.05) is 33.9 Å². The number of carbonyl (C=O) groups is 2. The summed E-state index contributed by atoms with van der Waals surface area (Å²) in [6.45, 7) is 3.19. The molecule has 2 N–H and O–H groups in total. The molecular weight excluding hydrogens is 224 g/mol. The Balaban J connectivity index is 3.60. The predicted molar refractivity (Wildman–Crippen MR) is 63.9 cm³/mol. The number of carboxylic acids is 1. The third-order valence-electron chi connectivity index (χ3n) is 2.49. The fourth-order valence-corrected chi connectivity index (χ4v) is 1.19. The monoisotopic (exact) mass is 246 g/mol. The minimum Gasteiger partial charge on any atom is -0.481 e. The van der Waals surface area contributed by atoms with E-state index in [0.29, 0.717) is 32.5 Å². The first-order valence-corrected chi connectivity index (χ1v) is 5.69. The van der Waals surface area contributed by atoms with E-state index in [1.54, 1.807) is 21.1 Å². The molecular formula is C11H22N2O4. The summed E-state index contributed by atoms with van der Waals surface area (Å²) in [6.07, 6.45) is 1.23. The Kier molecular flexibility index (Phi) is 8.13. The number of rotatable bonds is 8. The van der Waals surface area contributed by atoms with E-state index in [9.17, 15) is 9.59 Å². The number of amides is 2. The van der Waals surface area contributed by atoms with Gasteiger partial charge in [0.15, 0.2) is 0 Å². The van der Waals surface area contributed by atoms with E-state index in [1.807, 2.05) is 0 Å². The molecule has 6 nitrogen and oxygen atoms in total. The normalized spacial score (nSPS) is 11.9. The maximum absolute atomic E-state index is 11.5. The van der Waals surface area contributed by atoms with Crippen molar-refractivity contribution in [3.05, 3.63) is 0 Å². The van der Waals surface area contributed by atoms with Crippen LogP contribution in [0.4, 0.5) is 4.79 Å². The molecule has 0 saturated heterocycles. The smallest absolute Gasteiger partial charge is 0.317 e. The topological polar surface area (TPSA) is 78.9 Å². The summed E-state index contributed by atoms with van der Waals surface area (Å²) < 4.78 is 4.86. The van der Waals surface area contributed by atoms with Crippen molar-refractivity contribution in [3.63, 3.8) is 0 Å². The van der Waals surface area contributed by atoms with Gasteiger partial charge in [-0.2, -0.15) is 0 Å². The Labute approximate surface area is 102 Å². The molecule has 6 heteroatoms. The number of hydrogen-bond acceptors (Lipinski definition) is 3. The van der Waals surface area contributed by atoms with Crippen LogP contribution in [0.3, 0.4) is 0 Å². The first-order chi connectivity index (χ1) is 7.99. The third-order valence-corrected chi connectivity index (χ3v) is 2.49. The molecule has 0 saturated carbocycles. The van der Waals surface area contributed by atoms with E-state index in [0.717, 1.165) is 0 Å². The highest BCUT2D eigenvalue weighted by molar-refractivity contribution is 5.73. The van der Waals surface area contributed by atoms with Gasteiger partial charge >= 0.3 is 12.0 Å². The van der Waals surface area contributed by atoms with E-state index >= 15 is 0 Å². The number of nitrogens with zero attached hydrogens (tertiary/aromatic N) is 1. The minimum atomic E-state index is -0.798. The standard InChI is InChI=1S/C11H22N2O4/c1-9(10(14)15)5-4-6-12-11(16)13(2)7-8-17-3/h9H,4-8H2,1-3H3,(H,12,16)(H,14,15). The number of nitrogens with one attached hydrogen (secondary N) is 1. The first-order valence-electron chi connectivity index (χ1n) is 5.69. The van der Waals surface area contributed by atoms with Crippen molar-refractivity contribution in [2.45, 2.75) is 19.8 Å². The molecule has 17 heavy (non-hydrogen) atoms. The van der Waals surface area contributed by atoms with Crippen LogP contribution < -0.4 is 5.32 Å². The molecule has 0 bridgehead atoms. The van der Waals surface area contributed by atoms with Gasteiger partial charge in [0.05, 0.1) is 12.5 Å². The molecule has 0 aliphatic rings. The molecule has 1 unspecified atom stereocenters. The fraction of sp³-hybridized carbons (Fsp3) is 0.818. The molecule has 0 heterocycles. The van der Waals surface area contributed by atoms with Gasteiger partial charge in [0.25, 0.3) is 0 Å². The van der Waals surface area contributed by atoms with Crippen LogP contribution in [0.25, 0.3) is 0 Å². The molecule has 2 amide bonds. The molecule has 1 atom stereocenters. The summed E-state index contributed by atoms with van der Waals surface area (Å²) in [5.41, 5.74) is 0. The quantitative estimate of drug-likeness (QED) is 0.620. The van der Waals surface area contributed by atoms with Crippen LogP contribution in [-0.2, 0) is 9.53 Å². The highest BCUT2D eigenvalue weighted by Gasteiger charge is 2.11. The van der Waals surface area contributed by atoms with E-state index in [1.165, 1.54) is 4.90 Å². The summed E-state index contributed by atoms with van der Waals surface area (Å²) in [5.74, 6) is -1.16. The Bertz CT molecular complexity index is 246. The van der Waals surface area contributed by atoms with Gasteiger partial charge in [-0.1, -0.05) is 6.92 Å². The molecule has 0 rings (SSSR count). The van der Waals surface area contributed by atoms with Gasteiger partial charge in [-0.25, -0.2) is 4.79 Å². The van der Waals surface area contributed by atoms with Crippen molar-refractivity contribution in [1.82, 2.24) is 10.2 Å². The molecule has 0 radical (unpaired) electrons. The van der Waals surface area contributed by atoms with Crippen LogP contribution >= 0.6 is 0 Å². The number of carboxylic acid groups (broad SMARTS) is 1. The molecule has 0 aromatic carbocycles. The van der Waals surface area contributed by atoms with Gasteiger partial charge in [-0.05, 0) is 12.8 Å². The number of methoxy groups -OCH3 is 1. The number of aliphatic carboxylic acids is 1. The van der Waals surface area contributed by atoms with Crippen molar-refractivity contribution >= 4 is 12.0 Å².